The Bertz CT molecular complexity index is 560. The van der Waals surface area contributed by atoms with E-state index in [0.717, 1.165) is 13.0 Å². The number of hydrogen-bond donors (Lipinski definition) is 1. The van der Waals surface area contributed by atoms with Crippen LogP contribution < -0.4 is 5.32 Å². The SMILES string of the molecule is CCOCCCNC1CCS(=O)(=O)c2ccc(F)cc21. The van der Waals surface area contributed by atoms with Crippen LogP contribution in [0.5, 0.6) is 0 Å². The van der Waals surface area contributed by atoms with Gasteiger partial charge in [0.15, 0.2) is 9.84 Å². The molecule has 0 aliphatic carbocycles. The van der Waals surface area contributed by atoms with E-state index in [-0.39, 0.29) is 16.7 Å². The summed E-state index contributed by atoms with van der Waals surface area (Å²) in [6.07, 6.45) is 1.33. The van der Waals surface area contributed by atoms with Crippen molar-refractivity contribution in [3.63, 3.8) is 0 Å². The van der Waals surface area contributed by atoms with Crippen molar-refractivity contribution in [1.29, 1.82) is 0 Å². The third-order valence-electron chi connectivity index (χ3n) is 3.42. The van der Waals surface area contributed by atoms with Crippen molar-refractivity contribution in [2.45, 2.75) is 30.7 Å². The van der Waals surface area contributed by atoms with Crippen molar-refractivity contribution >= 4 is 9.84 Å². The fraction of sp³-hybridized carbons (Fsp3) is 0.571. The molecule has 0 spiro atoms. The monoisotopic (exact) mass is 301 g/mol. The molecule has 1 unspecified atom stereocenters. The van der Waals surface area contributed by atoms with Crippen LogP contribution in [0.1, 0.15) is 31.4 Å². The lowest BCUT2D eigenvalue weighted by atomic mass is 10.0. The van der Waals surface area contributed by atoms with Gasteiger partial charge in [-0.3, -0.25) is 0 Å². The Morgan fingerprint density at radius 3 is 3.00 bits per heavy atom. The molecule has 1 aliphatic rings. The number of nitrogens with one attached hydrogen (secondary N) is 1. The maximum atomic E-state index is 13.4. The number of halogens is 1. The molecule has 1 aromatic carbocycles. The summed E-state index contributed by atoms with van der Waals surface area (Å²) in [6.45, 7) is 4.03. The van der Waals surface area contributed by atoms with E-state index >= 15 is 0 Å². The lowest BCUT2D eigenvalue weighted by Gasteiger charge is -2.26. The fourth-order valence-electron chi connectivity index (χ4n) is 2.42. The summed E-state index contributed by atoms with van der Waals surface area (Å²) in [7, 11) is -3.26. The molecule has 6 heteroatoms. The molecule has 0 amide bonds. The number of fused-ring (bicyclic) bond motifs is 1. The number of ether oxygens (including phenoxy) is 1. The van der Waals surface area contributed by atoms with E-state index in [9.17, 15) is 12.8 Å². The van der Waals surface area contributed by atoms with Gasteiger partial charge in [-0.15, -0.1) is 0 Å². The minimum atomic E-state index is -3.26. The largest absolute Gasteiger partial charge is 0.382 e. The molecule has 1 N–H and O–H groups in total. The highest BCUT2D eigenvalue weighted by Crippen LogP contribution is 2.32. The van der Waals surface area contributed by atoms with Gasteiger partial charge in [-0.25, -0.2) is 12.8 Å². The molecule has 1 aliphatic heterocycles. The van der Waals surface area contributed by atoms with Crippen molar-refractivity contribution in [2.75, 3.05) is 25.5 Å². The quantitative estimate of drug-likeness (QED) is 0.645. The van der Waals surface area contributed by atoms with Crippen molar-refractivity contribution < 1.29 is 17.5 Å². The molecule has 4 nitrogen and oxygen atoms in total. The Morgan fingerprint density at radius 2 is 2.25 bits per heavy atom. The first-order valence-corrected chi connectivity index (χ1v) is 8.53. The highest BCUT2D eigenvalue weighted by molar-refractivity contribution is 7.91. The first-order valence-electron chi connectivity index (χ1n) is 6.88. The molecule has 0 saturated carbocycles. The van der Waals surface area contributed by atoms with E-state index in [2.05, 4.69) is 5.32 Å². The van der Waals surface area contributed by atoms with Crippen LogP contribution in [0.15, 0.2) is 23.1 Å². The number of sulfone groups is 1. The van der Waals surface area contributed by atoms with Crippen molar-refractivity contribution in [1.82, 2.24) is 5.32 Å². The van der Waals surface area contributed by atoms with Crippen molar-refractivity contribution in [3.8, 4) is 0 Å². The summed E-state index contributed by atoms with van der Waals surface area (Å²) in [5.41, 5.74) is 0.549. The van der Waals surface area contributed by atoms with E-state index in [4.69, 9.17) is 4.74 Å². The van der Waals surface area contributed by atoms with E-state index in [1.165, 1.54) is 18.2 Å². The first-order chi connectivity index (χ1) is 9.54. The van der Waals surface area contributed by atoms with Crippen molar-refractivity contribution in [2.24, 2.45) is 0 Å². The van der Waals surface area contributed by atoms with E-state index in [1.807, 2.05) is 6.92 Å². The van der Waals surface area contributed by atoms with Crippen LogP contribution in [-0.4, -0.2) is 33.9 Å². The highest BCUT2D eigenvalue weighted by atomic mass is 32.2. The summed E-state index contributed by atoms with van der Waals surface area (Å²) >= 11 is 0. The van der Waals surface area contributed by atoms with Gasteiger partial charge in [0.2, 0.25) is 0 Å². The third kappa shape index (κ3) is 3.56. The summed E-state index contributed by atoms with van der Waals surface area (Å²) < 4.78 is 42.6. The number of benzene rings is 1. The molecule has 2 rings (SSSR count). The van der Waals surface area contributed by atoms with Gasteiger partial charge in [0.25, 0.3) is 0 Å². The molecular weight excluding hydrogens is 281 g/mol. The van der Waals surface area contributed by atoms with E-state index < -0.39 is 15.7 Å². The Hall–Kier alpha value is -0.980. The standard InChI is InChI=1S/C14H20FNO3S/c1-2-19-8-3-7-16-13-6-9-20(17,18)14-5-4-11(15)10-12(13)14/h4-5,10,13,16H,2-3,6-9H2,1H3. The molecule has 0 saturated heterocycles. The zero-order chi connectivity index (χ0) is 14.6. The average molecular weight is 301 g/mol. The molecule has 0 bridgehead atoms. The van der Waals surface area contributed by atoms with Crippen LogP contribution in [0, 0.1) is 5.82 Å². The van der Waals surface area contributed by atoms with Crippen LogP contribution in [0.3, 0.4) is 0 Å². The maximum absolute atomic E-state index is 13.4. The van der Waals surface area contributed by atoms with Gasteiger partial charge in [0, 0.05) is 19.3 Å². The fourth-order valence-corrected chi connectivity index (χ4v) is 4.02. The Kier molecular flexibility index (Phi) is 5.12. The Balaban J connectivity index is 2.07. The van der Waals surface area contributed by atoms with Gasteiger partial charge in [-0.1, -0.05) is 0 Å². The van der Waals surface area contributed by atoms with Crippen LogP contribution in [0.2, 0.25) is 0 Å². The summed E-state index contributed by atoms with van der Waals surface area (Å²) in [4.78, 5) is 0.257. The zero-order valence-corrected chi connectivity index (χ0v) is 12.4. The molecule has 20 heavy (non-hydrogen) atoms. The van der Waals surface area contributed by atoms with Gasteiger partial charge in [0.05, 0.1) is 10.6 Å². The van der Waals surface area contributed by atoms with Crippen LogP contribution in [0.25, 0.3) is 0 Å². The predicted molar refractivity (Wildman–Crippen MR) is 74.9 cm³/mol. The second-order valence-corrected chi connectivity index (χ2v) is 6.92. The number of rotatable bonds is 6. The molecule has 112 valence electrons. The summed E-state index contributed by atoms with van der Waals surface area (Å²) in [6, 6.07) is 3.79. The maximum Gasteiger partial charge on any atom is 0.178 e. The van der Waals surface area contributed by atoms with Gasteiger partial charge in [-0.05, 0) is 50.1 Å². The van der Waals surface area contributed by atoms with Crippen LogP contribution in [0.4, 0.5) is 4.39 Å². The van der Waals surface area contributed by atoms with Crippen molar-refractivity contribution in [3.05, 3.63) is 29.6 Å². The first kappa shape index (κ1) is 15.4. The van der Waals surface area contributed by atoms with Gasteiger partial charge in [0.1, 0.15) is 5.82 Å². The Morgan fingerprint density at radius 1 is 1.45 bits per heavy atom. The normalized spacial score (nSPS) is 20.6. The molecule has 1 atom stereocenters. The number of hydrogen-bond acceptors (Lipinski definition) is 4. The van der Waals surface area contributed by atoms with Gasteiger partial charge < -0.3 is 10.1 Å². The summed E-state index contributed by atoms with van der Waals surface area (Å²) in [5, 5.41) is 3.29. The van der Waals surface area contributed by atoms with Crippen LogP contribution in [-0.2, 0) is 14.6 Å². The molecule has 1 heterocycles. The van der Waals surface area contributed by atoms with Gasteiger partial charge >= 0.3 is 0 Å². The Labute approximate surface area is 119 Å². The smallest absolute Gasteiger partial charge is 0.178 e. The summed E-state index contributed by atoms with van der Waals surface area (Å²) in [5.74, 6) is -0.295. The zero-order valence-electron chi connectivity index (χ0n) is 11.6. The molecule has 0 fully saturated rings. The van der Waals surface area contributed by atoms with Gasteiger partial charge in [-0.2, -0.15) is 0 Å². The molecule has 0 aromatic heterocycles. The molecule has 1 aromatic rings. The third-order valence-corrected chi connectivity index (χ3v) is 5.23. The molecule has 0 radical (unpaired) electrons. The molecular formula is C14H20FNO3S. The highest BCUT2D eigenvalue weighted by Gasteiger charge is 2.30. The lowest BCUT2D eigenvalue weighted by Crippen LogP contribution is -2.31. The van der Waals surface area contributed by atoms with E-state index in [0.29, 0.717) is 25.2 Å². The van der Waals surface area contributed by atoms with Crippen LogP contribution >= 0.6 is 0 Å². The predicted octanol–water partition coefficient (Wildman–Crippen LogP) is 2.06. The second-order valence-electron chi connectivity index (χ2n) is 4.85. The minimum absolute atomic E-state index is 0.106. The minimum Gasteiger partial charge on any atom is -0.382 e. The second kappa shape index (κ2) is 6.65. The lowest BCUT2D eigenvalue weighted by molar-refractivity contribution is 0.144. The average Bonchev–Trinajstić information content (AvgIpc) is 2.40. The van der Waals surface area contributed by atoms with E-state index in [1.54, 1.807) is 0 Å². The topological polar surface area (TPSA) is 55.4 Å².